The van der Waals surface area contributed by atoms with E-state index in [0.717, 1.165) is 11.4 Å². The van der Waals surface area contributed by atoms with E-state index in [0.29, 0.717) is 0 Å². The Morgan fingerprint density at radius 1 is 0.358 bits per heavy atom. The summed E-state index contributed by atoms with van der Waals surface area (Å²) < 4.78 is 0. The van der Waals surface area contributed by atoms with Crippen molar-refractivity contribution < 1.29 is 0 Å². The van der Waals surface area contributed by atoms with Gasteiger partial charge in [-0.05, 0) is 97.1 Å². The van der Waals surface area contributed by atoms with Crippen LogP contribution in [0.1, 0.15) is 47.2 Å². The van der Waals surface area contributed by atoms with E-state index in [1.165, 1.54) is 72.4 Å². The van der Waals surface area contributed by atoms with E-state index in [1.54, 1.807) is 0 Å². The highest BCUT2D eigenvalue weighted by Crippen LogP contribution is 2.58. The molecule has 1 nitrogen and oxygen atoms in total. The lowest BCUT2D eigenvalue weighted by Gasteiger charge is -2.36. The topological polar surface area (TPSA) is 3.24 Å². The van der Waals surface area contributed by atoms with Crippen LogP contribution in [0.4, 0.5) is 17.1 Å². The molecule has 1 heteroatoms. The molecule has 2 aliphatic rings. The number of hydrogen-bond donors (Lipinski definition) is 0. The molecule has 0 heterocycles. The van der Waals surface area contributed by atoms with Crippen molar-refractivity contribution in [3.05, 3.63) is 234 Å². The average molecular weight is 678 g/mol. The molecule has 252 valence electrons. The van der Waals surface area contributed by atoms with E-state index in [-0.39, 0.29) is 5.41 Å². The fourth-order valence-electron chi connectivity index (χ4n) is 9.46. The number of fused-ring (bicyclic) bond motifs is 6. The van der Waals surface area contributed by atoms with Gasteiger partial charge in [-0.1, -0.05) is 184 Å². The number of anilines is 3. The third kappa shape index (κ3) is 4.64. The predicted molar refractivity (Wildman–Crippen MR) is 221 cm³/mol. The Kier molecular flexibility index (Phi) is 7.13. The molecule has 10 rings (SSSR count). The summed E-state index contributed by atoms with van der Waals surface area (Å²) in [5.74, 6) is 0. The molecular formula is C52H39N. The van der Waals surface area contributed by atoms with Gasteiger partial charge in [0, 0.05) is 16.8 Å². The van der Waals surface area contributed by atoms with Crippen LogP contribution < -0.4 is 4.90 Å². The summed E-state index contributed by atoms with van der Waals surface area (Å²) in [6.45, 7) is 4.76. The Hall–Kier alpha value is -6.44. The van der Waals surface area contributed by atoms with E-state index >= 15 is 0 Å². The van der Waals surface area contributed by atoms with Crippen LogP contribution in [0.2, 0.25) is 0 Å². The van der Waals surface area contributed by atoms with Crippen molar-refractivity contribution in [2.45, 2.75) is 24.7 Å². The molecule has 0 N–H and O–H groups in total. The summed E-state index contributed by atoms with van der Waals surface area (Å²) in [7, 11) is 0. The van der Waals surface area contributed by atoms with Crippen molar-refractivity contribution in [1.82, 2.24) is 0 Å². The van der Waals surface area contributed by atoms with E-state index in [4.69, 9.17) is 0 Å². The molecule has 0 spiro atoms. The molecule has 0 saturated heterocycles. The van der Waals surface area contributed by atoms with Gasteiger partial charge in [-0.3, -0.25) is 0 Å². The Morgan fingerprint density at radius 2 is 0.849 bits per heavy atom. The summed E-state index contributed by atoms with van der Waals surface area (Å²) in [4.78, 5) is 2.50. The maximum atomic E-state index is 2.50. The quantitative estimate of drug-likeness (QED) is 0.169. The second-order valence-electron chi connectivity index (χ2n) is 14.9. The van der Waals surface area contributed by atoms with Crippen molar-refractivity contribution in [2.24, 2.45) is 0 Å². The van der Waals surface area contributed by atoms with Gasteiger partial charge in [0.25, 0.3) is 0 Å². The lowest BCUT2D eigenvalue weighted by molar-refractivity contribution is 0.661. The molecular weight excluding hydrogens is 639 g/mol. The molecule has 53 heavy (non-hydrogen) atoms. The third-order valence-electron chi connectivity index (χ3n) is 11.7. The Balaban J connectivity index is 1.23. The van der Waals surface area contributed by atoms with Gasteiger partial charge in [-0.15, -0.1) is 0 Å². The van der Waals surface area contributed by atoms with Crippen LogP contribution in [-0.2, 0) is 10.8 Å². The molecule has 0 bridgehead atoms. The van der Waals surface area contributed by atoms with Crippen molar-refractivity contribution in [2.75, 3.05) is 4.90 Å². The van der Waals surface area contributed by atoms with Crippen molar-refractivity contribution >= 4 is 17.1 Å². The van der Waals surface area contributed by atoms with Crippen molar-refractivity contribution in [3.63, 3.8) is 0 Å². The summed E-state index contributed by atoms with van der Waals surface area (Å²) >= 11 is 0. The maximum absolute atomic E-state index is 2.50. The van der Waals surface area contributed by atoms with Gasteiger partial charge in [0.05, 0.1) is 11.1 Å². The van der Waals surface area contributed by atoms with Gasteiger partial charge in [-0.2, -0.15) is 0 Å². The number of benzene rings is 8. The van der Waals surface area contributed by atoms with Crippen LogP contribution >= 0.6 is 0 Å². The standard InChI is InChI=1S/C52H39N/c1-51(2)46-27-12-9-25-44(46)45-26-16-30-49(50(45)51)53(40-33-31-37(32-34-40)36-17-5-3-6-18-36)41-22-15-21-39(35-41)52(38-19-7-4-8-20-38)47-28-13-10-23-42(47)43-24-11-14-29-48(43)52/h3-35H,1-2H3. The minimum Gasteiger partial charge on any atom is -0.310 e. The molecule has 0 saturated carbocycles. The van der Waals surface area contributed by atoms with Gasteiger partial charge < -0.3 is 4.90 Å². The molecule has 0 aromatic heterocycles. The summed E-state index contributed by atoms with van der Waals surface area (Å²) in [5, 5.41) is 0. The SMILES string of the molecule is CC1(C)c2ccccc2-c2cccc(N(c3ccc(-c4ccccc4)cc3)c3cccc(C4(c5ccccc5)c5ccccc5-c5ccccc54)c3)c21. The molecule has 0 radical (unpaired) electrons. The minimum atomic E-state index is -0.485. The lowest BCUT2D eigenvalue weighted by atomic mass is 9.67. The summed E-state index contributed by atoms with van der Waals surface area (Å²) in [6.07, 6.45) is 0. The first-order valence-electron chi connectivity index (χ1n) is 18.6. The zero-order valence-corrected chi connectivity index (χ0v) is 30.0. The summed E-state index contributed by atoms with van der Waals surface area (Å²) in [6, 6.07) is 73.9. The first kappa shape index (κ1) is 31.3. The zero-order chi connectivity index (χ0) is 35.6. The average Bonchev–Trinajstić information content (AvgIpc) is 3.66. The van der Waals surface area contributed by atoms with Gasteiger partial charge in [0.2, 0.25) is 0 Å². The smallest absolute Gasteiger partial charge is 0.0714 e. The highest BCUT2D eigenvalue weighted by molar-refractivity contribution is 5.92. The first-order chi connectivity index (χ1) is 26.1. The molecule has 8 aromatic carbocycles. The van der Waals surface area contributed by atoms with E-state index in [9.17, 15) is 0 Å². The molecule has 0 amide bonds. The zero-order valence-electron chi connectivity index (χ0n) is 30.0. The molecule has 0 aliphatic heterocycles. The van der Waals surface area contributed by atoms with Gasteiger partial charge in [0.1, 0.15) is 0 Å². The second kappa shape index (κ2) is 12.1. The second-order valence-corrected chi connectivity index (χ2v) is 14.9. The van der Waals surface area contributed by atoms with Crippen LogP contribution in [0.15, 0.2) is 200 Å². The highest BCUT2D eigenvalue weighted by Gasteiger charge is 2.46. The largest absolute Gasteiger partial charge is 0.310 e. The fourth-order valence-corrected chi connectivity index (χ4v) is 9.46. The van der Waals surface area contributed by atoms with E-state index in [2.05, 4.69) is 219 Å². The minimum absolute atomic E-state index is 0.184. The number of rotatable bonds is 6. The molecule has 2 aliphatic carbocycles. The number of nitrogens with zero attached hydrogens (tertiary/aromatic N) is 1. The Morgan fingerprint density at radius 3 is 1.51 bits per heavy atom. The monoisotopic (exact) mass is 677 g/mol. The van der Waals surface area contributed by atoms with Gasteiger partial charge in [-0.25, -0.2) is 0 Å². The number of hydrogen-bond acceptors (Lipinski definition) is 1. The third-order valence-corrected chi connectivity index (χ3v) is 11.7. The highest BCUT2D eigenvalue weighted by atomic mass is 15.1. The van der Waals surface area contributed by atoms with E-state index in [1.807, 2.05) is 0 Å². The maximum Gasteiger partial charge on any atom is 0.0714 e. The van der Waals surface area contributed by atoms with Crippen LogP contribution in [0.25, 0.3) is 33.4 Å². The van der Waals surface area contributed by atoms with Crippen molar-refractivity contribution in [3.8, 4) is 33.4 Å². The Bertz CT molecular complexity index is 2590. The van der Waals surface area contributed by atoms with Crippen LogP contribution in [-0.4, -0.2) is 0 Å². The van der Waals surface area contributed by atoms with Crippen LogP contribution in [0.5, 0.6) is 0 Å². The van der Waals surface area contributed by atoms with Crippen LogP contribution in [0.3, 0.4) is 0 Å². The predicted octanol–water partition coefficient (Wildman–Crippen LogP) is 13.5. The molecule has 8 aromatic rings. The Labute approximate surface area is 312 Å². The fraction of sp³-hybridized carbons (Fsp3) is 0.0769. The molecule has 0 fully saturated rings. The first-order valence-corrected chi connectivity index (χ1v) is 18.6. The van der Waals surface area contributed by atoms with Crippen LogP contribution in [0, 0.1) is 0 Å². The summed E-state index contributed by atoms with van der Waals surface area (Å²) in [5.41, 5.74) is 18.3. The van der Waals surface area contributed by atoms with E-state index < -0.39 is 5.41 Å². The molecule has 0 atom stereocenters. The normalized spacial score (nSPS) is 14.2. The molecule has 0 unspecified atom stereocenters. The lowest BCUT2D eigenvalue weighted by Crippen LogP contribution is -2.29. The van der Waals surface area contributed by atoms with Gasteiger partial charge >= 0.3 is 0 Å². The van der Waals surface area contributed by atoms with Crippen molar-refractivity contribution in [1.29, 1.82) is 0 Å². The van der Waals surface area contributed by atoms with Gasteiger partial charge in [0.15, 0.2) is 0 Å².